The van der Waals surface area contributed by atoms with E-state index in [1.807, 2.05) is 19.9 Å². The lowest BCUT2D eigenvalue weighted by Gasteiger charge is -2.31. The van der Waals surface area contributed by atoms with Crippen molar-refractivity contribution >= 4 is 23.5 Å². The number of ketones is 1. The molecule has 1 spiro atoms. The summed E-state index contributed by atoms with van der Waals surface area (Å²) in [5.74, 6) is -5.20. The van der Waals surface area contributed by atoms with Crippen molar-refractivity contribution in [3.8, 4) is 6.07 Å². The van der Waals surface area contributed by atoms with E-state index in [0.29, 0.717) is 6.42 Å². The lowest BCUT2D eigenvalue weighted by molar-refractivity contribution is -0.173. The molecule has 1 heterocycles. The number of carbonyl (C=O) groups is 4. The molecule has 3 rings (SSSR count). The Labute approximate surface area is 215 Å². The Balaban J connectivity index is 1.71. The third-order valence-corrected chi connectivity index (χ3v) is 8.18. The summed E-state index contributed by atoms with van der Waals surface area (Å²) in [4.78, 5) is 50.4. The fourth-order valence-corrected chi connectivity index (χ4v) is 5.21. The number of halogens is 3. The van der Waals surface area contributed by atoms with Crippen LogP contribution in [0.1, 0.15) is 79.6 Å². The Hall–Kier alpha value is -2.64. The van der Waals surface area contributed by atoms with E-state index in [4.69, 9.17) is 0 Å². The monoisotopic (exact) mass is 526 g/mol. The van der Waals surface area contributed by atoms with E-state index in [9.17, 15) is 37.6 Å². The summed E-state index contributed by atoms with van der Waals surface area (Å²) in [6.45, 7) is 8.71. The first kappa shape index (κ1) is 28.9. The van der Waals surface area contributed by atoms with Gasteiger partial charge in [0.1, 0.15) is 12.1 Å². The van der Waals surface area contributed by atoms with E-state index in [2.05, 4.69) is 16.0 Å². The second-order valence-electron chi connectivity index (χ2n) is 12.8. The second kappa shape index (κ2) is 9.91. The zero-order valence-electron chi connectivity index (χ0n) is 22.1. The molecule has 1 aliphatic heterocycles. The predicted octanol–water partition coefficient (Wildman–Crippen LogP) is 3.16. The van der Waals surface area contributed by atoms with Crippen LogP contribution in [-0.4, -0.2) is 47.3 Å². The second-order valence-corrected chi connectivity index (χ2v) is 12.8. The molecule has 2 saturated carbocycles. The predicted molar refractivity (Wildman–Crippen MR) is 127 cm³/mol. The lowest BCUT2D eigenvalue weighted by atomic mass is 9.77. The van der Waals surface area contributed by atoms with Crippen molar-refractivity contribution in [1.29, 1.82) is 5.26 Å². The maximum atomic E-state index is 13.2. The van der Waals surface area contributed by atoms with Gasteiger partial charge in [0.15, 0.2) is 0 Å². The molecule has 0 radical (unpaired) electrons. The number of nitrogens with zero attached hydrogens (tertiary/aromatic N) is 1. The van der Waals surface area contributed by atoms with Crippen LogP contribution in [0, 0.1) is 39.9 Å². The van der Waals surface area contributed by atoms with Crippen LogP contribution in [0.5, 0.6) is 0 Å². The summed E-state index contributed by atoms with van der Waals surface area (Å²) < 4.78 is 38.8. The number of Topliss-reactive ketones (excluding diaryl/α,β-unsaturated/α-hetero) is 1. The minimum atomic E-state index is -5.07. The van der Waals surface area contributed by atoms with Crippen molar-refractivity contribution in [1.82, 2.24) is 16.0 Å². The third kappa shape index (κ3) is 7.23. The van der Waals surface area contributed by atoms with Gasteiger partial charge in [-0.3, -0.25) is 19.2 Å². The molecular weight excluding hydrogens is 489 g/mol. The maximum Gasteiger partial charge on any atom is 0.449 e. The SMILES string of the molecule is CC(C)(C)C(CC(=O)C(F)(F)F)C(=O)NC(CC1CC1(C)C)C(=O)NC(C#N)CC1CC2(CC2)NC1=O. The Bertz CT molecular complexity index is 991. The molecule has 0 aromatic rings. The number of nitrogens with one attached hydrogen (secondary N) is 3. The van der Waals surface area contributed by atoms with Gasteiger partial charge in [0.05, 0.1) is 12.0 Å². The van der Waals surface area contributed by atoms with E-state index in [-0.39, 0.29) is 35.6 Å². The molecule has 0 bridgehead atoms. The van der Waals surface area contributed by atoms with Crippen LogP contribution in [0.2, 0.25) is 0 Å². The summed E-state index contributed by atoms with van der Waals surface area (Å²) >= 11 is 0. The van der Waals surface area contributed by atoms with Gasteiger partial charge in [0.2, 0.25) is 23.5 Å². The number of carbonyl (C=O) groups excluding carboxylic acids is 4. The summed E-state index contributed by atoms with van der Waals surface area (Å²) in [5, 5.41) is 17.8. The van der Waals surface area contributed by atoms with Crippen LogP contribution in [-0.2, 0) is 19.2 Å². The van der Waals surface area contributed by atoms with E-state index < -0.39 is 59.5 Å². The van der Waals surface area contributed by atoms with Crippen molar-refractivity contribution in [3.05, 3.63) is 0 Å². The number of hydrogen-bond donors (Lipinski definition) is 3. The molecule has 206 valence electrons. The number of alkyl halides is 3. The Morgan fingerprint density at radius 1 is 1.08 bits per heavy atom. The van der Waals surface area contributed by atoms with E-state index in [1.165, 1.54) is 0 Å². The summed E-state index contributed by atoms with van der Waals surface area (Å²) in [6, 6.07) is -0.0366. The van der Waals surface area contributed by atoms with Crippen LogP contribution in [0.15, 0.2) is 0 Å². The van der Waals surface area contributed by atoms with Crippen molar-refractivity contribution in [2.45, 2.75) is 103 Å². The first-order valence-corrected chi connectivity index (χ1v) is 12.8. The van der Waals surface area contributed by atoms with Gasteiger partial charge < -0.3 is 16.0 Å². The minimum absolute atomic E-state index is 0.0475. The molecule has 37 heavy (non-hydrogen) atoms. The molecule has 8 nitrogen and oxygen atoms in total. The fraction of sp³-hybridized carbons (Fsp3) is 0.808. The minimum Gasteiger partial charge on any atom is -0.350 e. The lowest BCUT2D eigenvalue weighted by Crippen LogP contribution is -2.53. The third-order valence-electron chi connectivity index (χ3n) is 8.18. The van der Waals surface area contributed by atoms with Gasteiger partial charge in [0.25, 0.3) is 0 Å². The summed E-state index contributed by atoms with van der Waals surface area (Å²) in [6.07, 6.45) is -2.49. The van der Waals surface area contributed by atoms with E-state index in [1.54, 1.807) is 20.8 Å². The van der Waals surface area contributed by atoms with Crippen LogP contribution in [0.25, 0.3) is 0 Å². The van der Waals surface area contributed by atoms with Crippen molar-refractivity contribution in [3.63, 3.8) is 0 Å². The highest BCUT2D eigenvalue weighted by Crippen LogP contribution is 2.54. The zero-order chi connectivity index (χ0) is 28.0. The quantitative estimate of drug-likeness (QED) is 0.403. The molecule has 3 fully saturated rings. The Morgan fingerprint density at radius 2 is 1.68 bits per heavy atom. The molecule has 3 N–H and O–H groups in total. The number of nitriles is 1. The molecule has 1 saturated heterocycles. The highest BCUT2D eigenvalue weighted by molar-refractivity contribution is 5.93. The normalized spacial score (nSPS) is 25.9. The van der Waals surface area contributed by atoms with Gasteiger partial charge in [-0.05, 0) is 55.3 Å². The van der Waals surface area contributed by atoms with Gasteiger partial charge in [-0.25, -0.2) is 0 Å². The van der Waals surface area contributed by atoms with Gasteiger partial charge >= 0.3 is 6.18 Å². The molecule has 3 aliphatic rings. The van der Waals surface area contributed by atoms with Gasteiger partial charge in [0, 0.05) is 17.9 Å². The highest BCUT2D eigenvalue weighted by atomic mass is 19.4. The number of hydrogen-bond acceptors (Lipinski definition) is 5. The van der Waals surface area contributed by atoms with Gasteiger partial charge in [-0.1, -0.05) is 34.6 Å². The van der Waals surface area contributed by atoms with Crippen LogP contribution in [0.4, 0.5) is 13.2 Å². The van der Waals surface area contributed by atoms with Gasteiger partial charge in [-0.15, -0.1) is 0 Å². The van der Waals surface area contributed by atoms with Crippen LogP contribution < -0.4 is 16.0 Å². The molecule has 11 heteroatoms. The first-order chi connectivity index (χ1) is 16.9. The summed E-state index contributed by atoms with van der Waals surface area (Å²) in [7, 11) is 0. The molecule has 3 amide bonds. The summed E-state index contributed by atoms with van der Waals surface area (Å²) in [5.41, 5.74) is -1.20. The molecule has 5 atom stereocenters. The van der Waals surface area contributed by atoms with Crippen molar-refractivity contribution in [2.75, 3.05) is 0 Å². The van der Waals surface area contributed by atoms with Gasteiger partial charge in [-0.2, -0.15) is 18.4 Å². The zero-order valence-corrected chi connectivity index (χ0v) is 22.1. The van der Waals surface area contributed by atoms with E-state index in [0.717, 1.165) is 19.3 Å². The molecule has 0 aromatic carbocycles. The van der Waals surface area contributed by atoms with Crippen LogP contribution >= 0.6 is 0 Å². The molecular formula is C26H37F3N4O4. The Morgan fingerprint density at radius 3 is 2.11 bits per heavy atom. The van der Waals surface area contributed by atoms with Crippen molar-refractivity contribution < 1.29 is 32.3 Å². The smallest absolute Gasteiger partial charge is 0.350 e. The largest absolute Gasteiger partial charge is 0.449 e. The molecule has 5 unspecified atom stereocenters. The van der Waals surface area contributed by atoms with Crippen LogP contribution in [0.3, 0.4) is 0 Å². The molecule has 0 aromatic heterocycles. The topological polar surface area (TPSA) is 128 Å². The number of rotatable bonds is 10. The standard InChI is InChI=1S/C26H37F3N4O4/c1-23(2,3)17(10-19(34)26(27,28)29)21(36)32-18(9-15-12-24(15,4)5)22(37)31-16(13-30)8-14-11-25(6-7-25)33-20(14)35/h14-18H,6-12H2,1-5H3,(H,31,37)(H,32,36)(H,33,35). The first-order valence-electron chi connectivity index (χ1n) is 12.8. The number of amides is 3. The fourth-order valence-electron chi connectivity index (χ4n) is 5.21. The average molecular weight is 527 g/mol. The molecule has 2 aliphatic carbocycles. The maximum absolute atomic E-state index is 13.2. The van der Waals surface area contributed by atoms with Crippen molar-refractivity contribution in [2.24, 2.45) is 28.6 Å². The highest BCUT2D eigenvalue weighted by Gasteiger charge is 2.53. The Kier molecular flexibility index (Phi) is 7.75. The van der Waals surface area contributed by atoms with E-state index >= 15 is 0 Å². The average Bonchev–Trinajstić information content (AvgIpc) is 3.61.